The Kier molecular flexibility index (Phi) is 6.15. The average molecular weight is 248 g/mol. The van der Waals surface area contributed by atoms with Gasteiger partial charge in [0.05, 0.1) is 5.16 Å². The molecule has 0 aliphatic rings. The Morgan fingerprint density at radius 3 is 2.71 bits per heavy atom. The lowest BCUT2D eigenvalue weighted by atomic mass is 10.1. The predicted octanol–water partition coefficient (Wildman–Crippen LogP) is 2.47. The smallest absolute Gasteiger partial charge is 0.251 e. The number of amides is 1. The molecule has 0 aliphatic carbocycles. The monoisotopic (exact) mass is 248 g/mol. The van der Waals surface area contributed by atoms with Crippen LogP contribution in [-0.4, -0.2) is 24.2 Å². The summed E-state index contributed by atoms with van der Waals surface area (Å²) in [5, 5.41) is 5.11. The van der Waals surface area contributed by atoms with E-state index < -0.39 is 0 Å². The van der Waals surface area contributed by atoms with E-state index in [1.165, 1.54) is 5.56 Å². The van der Waals surface area contributed by atoms with Gasteiger partial charge in [0.15, 0.2) is 0 Å². The molecule has 0 saturated carbocycles. The number of benzene rings is 1. The third kappa shape index (κ3) is 4.89. The third-order valence-electron chi connectivity index (χ3n) is 2.35. The summed E-state index contributed by atoms with van der Waals surface area (Å²) in [5.74, 6) is -0.0237. The second-order valence-electron chi connectivity index (χ2n) is 3.63. The van der Waals surface area contributed by atoms with E-state index in [1.54, 1.807) is 0 Å². The Labute approximate surface area is 107 Å². The van der Waals surface area contributed by atoms with Crippen molar-refractivity contribution in [3.8, 4) is 0 Å². The normalized spacial score (nSPS) is 9.47. The van der Waals surface area contributed by atoms with E-state index in [1.807, 2.05) is 31.2 Å². The molecule has 1 amide bonds. The lowest BCUT2D eigenvalue weighted by Crippen LogP contribution is -2.22. The fourth-order valence-corrected chi connectivity index (χ4v) is 1.58. The Balaban J connectivity index is 2.49. The second-order valence-corrected chi connectivity index (χ2v) is 3.82. The van der Waals surface area contributed by atoms with Crippen molar-refractivity contribution in [2.45, 2.75) is 19.8 Å². The minimum atomic E-state index is -0.0237. The molecule has 0 spiro atoms. The summed E-state index contributed by atoms with van der Waals surface area (Å²) >= 11 is 4.49. The van der Waals surface area contributed by atoms with Crippen molar-refractivity contribution in [2.75, 3.05) is 13.1 Å². The quantitative estimate of drug-likeness (QED) is 0.477. The largest absolute Gasteiger partial charge is 0.352 e. The molecule has 0 fully saturated rings. The summed E-state index contributed by atoms with van der Waals surface area (Å²) in [6, 6.07) is 7.66. The Morgan fingerprint density at radius 2 is 2.12 bits per heavy atom. The first kappa shape index (κ1) is 13.6. The van der Waals surface area contributed by atoms with Gasteiger partial charge in [0.25, 0.3) is 5.91 Å². The molecular weight excluding hydrogens is 232 g/mol. The highest BCUT2D eigenvalue weighted by Gasteiger charge is 2.02. The van der Waals surface area contributed by atoms with E-state index in [2.05, 4.69) is 27.7 Å². The van der Waals surface area contributed by atoms with Gasteiger partial charge in [-0.2, -0.15) is 0 Å². The zero-order valence-corrected chi connectivity index (χ0v) is 10.7. The molecule has 0 bridgehead atoms. The molecule has 0 unspecified atom stereocenters. The molecular formula is C13H16N2OS. The van der Waals surface area contributed by atoms with Gasteiger partial charge in [0, 0.05) is 18.7 Å². The predicted molar refractivity (Wildman–Crippen MR) is 72.7 cm³/mol. The van der Waals surface area contributed by atoms with E-state index in [-0.39, 0.29) is 5.91 Å². The lowest BCUT2D eigenvalue weighted by Gasteiger charge is -2.03. The number of nitrogens with zero attached hydrogens (tertiary/aromatic N) is 1. The van der Waals surface area contributed by atoms with Crippen LogP contribution in [0.2, 0.25) is 0 Å². The molecule has 90 valence electrons. The highest BCUT2D eigenvalue weighted by Crippen LogP contribution is 2.06. The molecule has 0 atom stereocenters. The summed E-state index contributed by atoms with van der Waals surface area (Å²) in [6.07, 6.45) is 1.89. The highest BCUT2D eigenvalue weighted by molar-refractivity contribution is 7.78. The van der Waals surface area contributed by atoms with Crippen molar-refractivity contribution >= 4 is 23.3 Å². The molecule has 0 aliphatic heterocycles. The van der Waals surface area contributed by atoms with Gasteiger partial charge in [-0.15, -0.1) is 0 Å². The summed E-state index contributed by atoms with van der Waals surface area (Å²) < 4.78 is 0. The molecule has 3 nitrogen and oxygen atoms in total. The summed E-state index contributed by atoms with van der Waals surface area (Å²) in [4.78, 5) is 15.4. The molecule has 0 aromatic heterocycles. The number of rotatable bonds is 6. The van der Waals surface area contributed by atoms with Gasteiger partial charge in [0.1, 0.15) is 0 Å². The first-order chi connectivity index (χ1) is 8.27. The van der Waals surface area contributed by atoms with Crippen LogP contribution in [-0.2, 0) is 6.42 Å². The van der Waals surface area contributed by atoms with Gasteiger partial charge in [-0.25, -0.2) is 4.99 Å². The van der Waals surface area contributed by atoms with Crippen molar-refractivity contribution in [3.05, 3.63) is 35.4 Å². The topological polar surface area (TPSA) is 41.5 Å². The first-order valence-electron chi connectivity index (χ1n) is 5.68. The SMILES string of the molecule is CCNC(=O)c1ccc(CCCN=C=S)cc1. The lowest BCUT2D eigenvalue weighted by molar-refractivity contribution is 0.0956. The molecule has 1 aromatic rings. The standard InChI is InChI=1S/C13H16N2OS/c1-2-15-13(16)12-7-5-11(6-8-12)4-3-9-14-10-17/h5-8H,2-4,9H2,1H3,(H,15,16). The highest BCUT2D eigenvalue weighted by atomic mass is 32.1. The van der Waals surface area contributed by atoms with E-state index in [0.29, 0.717) is 18.7 Å². The Morgan fingerprint density at radius 1 is 1.41 bits per heavy atom. The molecule has 1 rings (SSSR count). The van der Waals surface area contributed by atoms with Gasteiger partial charge >= 0.3 is 0 Å². The number of aliphatic imine (C=N–C) groups is 1. The number of thiocarbonyl (C=S) groups is 1. The molecule has 1 N–H and O–H groups in total. The molecule has 17 heavy (non-hydrogen) atoms. The Bertz CT molecular complexity index is 408. The number of hydrogen-bond acceptors (Lipinski definition) is 3. The summed E-state index contributed by atoms with van der Waals surface area (Å²) in [5.41, 5.74) is 1.91. The number of hydrogen-bond donors (Lipinski definition) is 1. The van der Waals surface area contributed by atoms with Gasteiger partial charge in [-0.1, -0.05) is 12.1 Å². The number of carbonyl (C=O) groups is 1. The van der Waals surface area contributed by atoms with Crippen molar-refractivity contribution in [1.29, 1.82) is 0 Å². The van der Waals surface area contributed by atoms with E-state index >= 15 is 0 Å². The number of isothiocyanates is 1. The van der Waals surface area contributed by atoms with Crippen LogP contribution in [0.1, 0.15) is 29.3 Å². The fraction of sp³-hybridized carbons (Fsp3) is 0.385. The van der Waals surface area contributed by atoms with Crippen LogP contribution in [0.25, 0.3) is 0 Å². The zero-order valence-electron chi connectivity index (χ0n) is 9.90. The number of carbonyl (C=O) groups excluding carboxylic acids is 1. The summed E-state index contributed by atoms with van der Waals surface area (Å²) in [7, 11) is 0. The van der Waals surface area contributed by atoms with Crippen molar-refractivity contribution in [3.63, 3.8) is 0 Å². The maximum atomic E-state index is 11.5. The first-order valence-corrected chi connectivity index (χ1v) is 6.09. The van der Waals surface area contributed by atoms with Crippen LogP contribution in [0.3, 0.4) is 0 Å². The van der Waals surface area contributed by atoms with E-state index in [0.717, 1.165) is 12.8 Å². The zero-order chi connectivity index (χ0) is 12.5. The Hall–Kier alpha value is -1.51. The fourth-order valence-electron chi connectivity index (χ4n) is 1.49. The molecule has 1 aromatic carbocycles. The van der Waals surface area contributed by atoms with Crippen LogP contribution >= 0.6 is 12.2 Å². The van der Waals surface area contributed by atoms with Crippen LogP contribution < -0.4 is 5.32 Å². The van der Waals surface area contributed by atoms with Crippen LogP contribution in [0.15, 0.2) is 29.3 Å². The van der Waals surface area contributed by atoms with E-state index in [4.69, 9.17) is 0 Å². The average Bonchev–Trinajstić information content (AvgIpc) is 2.36. The van der Waals surface area contributed by atoms with Gasteiger partial charge in [-0.3, -0.25) is 4.79 Å². The minimum absolute atomic E-state index is 0.0237. The number of aryl methyl sites for hydroxylation is 1. The van der Waals surface area contributed by atoms with Gasteiger partial charge in [0.2, 0.25) is 0 Å². The van der Waals surface area contributed by atoms with Crippen molar-refractivity contribution in [1.82, 2.24) is 5.32 Å². The van der Waals surface area contributed by atoms with Crippen LogP contribution in [0, 0.1) is 0 Å². The molecule has 0 heterocycles. The third-order valence-corrected chi connectivity index (χ3v) is 2.48. The van der Waals surface area contributed by atoms with Crippen molar-refractivity contribution < 1.29 is 4.79 Å². The van der Waals surface area contributed by atoms with Crippen LogP contribution in [0.4, 0.5) is 0 Å². The maximum absolute atomic E-state index is 11.5. The van der Waals surface area contributed by atoms with Gasteiger partial charge < -0.3 is 5.32 Å². The minimum Gasteiger partial charge on any atom is -0.352 e. The molecule has 4 heteroatoms. The molecule has 0 radical (unpaired) electrons. The van der Waals surface area contributed by atoms with Gasteiger partial charge in [-0.05, 0) is 49.7 Å². The maximum Gasteiger partial charge on any atom is 0.251 e. The second kappa shape index (κ2) is 7.71. The summed E-state index contributed by atoms with van der Waals surface area (Å²) in [6.45, 7) is 3.26. The molecule has 0 saturated heterocycles. The number of nitrogens with one attached hydrogen (secondary N) is 1. The van der Waals surface area contributed by atoms with Crippen LogP contribution in [0.5, 0.6) is 0 Å². The van der Waals surface area contributed by atoms with Crippen molar-refractivity contribution in [2.24, 2.45) is 4.99 Å². The van der Waals surface area contributed by atoms with E-state index in [9.17, 15) is 4.79 Å².